The van der Waals surface area contributed by atoms with Crippen molar-refractivity contribution in [2.75, 3.05) is 12.3 Å². The Bertz CT molecular complexity index is 528. The number of hydrogen-bond acceptors (Lipinski definition) is 6. The van der Waals surface area contributed by atoms with Gasteiger partial charge in [0.1, 0.15) is 11.6 Å². The molecule has 2 rings (SSSR count). The van der Waals surface area contributed by atoms with Crippen LogP contribution in [0.1, 0.15) is 19.7 Å². The van der Waals surface area contributed by atoms with Crippen LogP contribution in [-0.4, -0.2) is 16.0 Å². The molecule has 4 nitrogen and oxygen atoms in total. The van der Waals surface area contributed by atoms with Crippen molar-refractivity contribution in [3.05, 3.63) is 24.0 Å². The topological polar surface area (TPSA) is 61.0 Å². The van der Waals surface area contributed by atoms with E-state index in [1.807, 2.05) is 32.0 Å². The number of ether oxygens (including phenoxy) is 1. The Hall–Kier alpha value is -1.27. The Morgan fingerprint density at radius 1 is 1.39 bits per heavy atom. The van der Waals surface area contributed by atoms with Gasteiger partial charge in [0.25, 0.3) is 0 Å². The predicted octanol–water partition coefficient (Wildman–Crippen LogP) is 3.23. The minimum absolute atomic E-state index is 0.608. The maximum absolute atomic E-state index is 6.07. The maximum Gasteiger partial charge on any atom is 0.174 e. The molecule has 0 bridgehead atoms. The van der Waals surface area contributed by atoms with Crippen LogP contribution in [0, 0.1) is 0 Å². The van der Waals surface area contributed by atoms with E-state index < -0.39 is 0 Å². The zero-order chi connectivity index (χ0) is 13.0. The second-order valence-electron chi connectivity index (χ2n) is 3.53. The minimum atomic E-state index is 0.608. The standard InChI is InChI=1S/C12H15N3OS2/c1-3-10-14-12(18-15-10)17-9-7-5-6-8(11(9)13)16-4-2/h5-7H,3-4,13H2,1-2H3. The van der Waals surface area contributed by atoms with E-state index in [0.717, 1.165) is 27.2 Å². The van der Waals surface area contributed by atoms with Gasteiger partial charge in [-0.1, -0.05) is 24.8 Å². The van der Waals surface area contributed by atoms with Gasteiger partial charge in [0.2, 0.25) is 0 Å². The van der Waals surface area contributed by atoms with Crippen LogP contribution < -0.4 is 10.5 Å². The van der Waals surface area contributed by atoms with E-state index in [4.69, 9.17) is 10.5 Å². The highest BCUT2D eigenvalue weighted by Crippen LogP contribution is 2.37. The highest BCUT2D eigenvalue weighted by atomic mass is 32.2. The van der Waals surface area contributed by atoms with Gasteiger partial charge >= 0.3 is 0 Å². The van der Waals surface area contributed by atoms with Gasteiger partial charge < -0.3 is 10.5 Å². The van der Waals surface area contributed by atoms with Crippen molar-refractivity contribution in [1.29, 1.82) is 0 Å². The maximum atomic E-state index is 6.07. The van der Waals surface area contributed by atoms with Crippen LogP contribution >= 0.6 is 23.3 Å². The molecule has 96 valence electrons. The van der Waals surface area contributed by atoms with Gasteiger partial charge in [0.05, 0.1) is 12.3 Å². The molecular formula is C12H15N3OS2. The summed E-state index contributed by atoms with van der Waals surface area (Å²) < 4.78 is 10.6. The van der Waals surface area contributed by atoms with Gasteiger partial charge in [-0.15, -0.1) is 0 Å². The summed E-state index contributed by atoms with van der Waals surface area (Å²) in [6.07, 6.45) is 0.853. The van der Waals surface area contributed by atoms with E-state index >= 15 is 0 Å². The first kappa shape index (κ1) is 13.2. The molecule has 2 aromatic rings. The zero-order valence-electron chi connectivity index (χ0n) is 10.3. The quantitative estimate of drug-likeness (QED) is 0.853. The molecule has 0 radical (unpaired) electrons. The van der Waals surface area contributed by atoms with Crippen LogP contribution in [0.25, 0.3) is 0 Å². The number of nitrogen functional groups attached to an aromatic ring is 1. The van der Waals surface area contributed by atoms with Gasteiger partial charge in [-0.3, -0.25) is 0 Å². The first-order chi connectivity index (χ1) is 8.74. The molecule has 0 unspecified atom stereocenters. The Kier molecular flexibility index (Phi) is 4.43. The molecule has 0 aliphatic heterocycles. The van der Waals surface area contributed by atoms with Crippen molar-refractivity contribution in [2.45, 2.75) is 29.5 Å². The molecule has 0 saturated heterocycles. The Labute approximate surface area is 115 Å². The second kappa shape index (κ2) is 6.06. The van der Waals surface area contributed by atoms with Crippen LogP contribution in [0.2, 0.25) is 0 Å². The van der Waals surface area contributed by atoms with E-state index in [0.29, 0.717) is 12.3 Å². The van der Waals surface area contributed by atoms with E-state index in [9.17, 15) is 0 Å². The third-order valence-corrected chi connectivity index (χ3v) is 4.15. The number of para-hydroxylation sites is 1. The van der Waals surface area contributed by atoms with Crippen molar-refractivity contribution in [3.8, 4) is 5.75 Å². The van der Waals surface area contributed by atoms with Crippen molar-refractivity contribution in [3.63, 3.8) is 0 Å². The molecule has 2 N–H and O–H groups in total. The number of nitrogens with two attached hydrogens (primary N) is 1. The van der Waals surface area contributed by atoms with Crippen molar-refractivity contribution >= 4 is 29.0 Å². The first-order valence-corrected chi connectivity index (χ1v) is 7.35. The molecule has 1 heterocycles. The van der Waals surface area contributed by atoms with Crippen molar-refractivity contribution < 1.29 is 4.74 Å². The molecule has 0 spiro atoms. The van der Waals surface area contributed by atoms with Crippen LogP contribution in [0.4, 0.5) is 5.69 Å². The average Bonchev–Trinajstić information content (AvgIpc) is 2.82. The summed E-state index contributed by atoms with van der Waals surface area (Å²) >= 11 is 2.93. The average molecular weight is 281 g/mol. The number of aromatic nitrogens is 2. The molecule has 0 aliphatic carbocycles. The minimum Gasteiger partial charge on any atom is -0.492 e. The molecule has 18 heavy (non-hydrogen) atoms. The van der Waals surface area contributed by atoms with Gasteiger partial charge in [0.15, 0.2) is 4.34 Å². The summed E-state index contributed by atoms with van der Waals surface area (Å²) in [6.45, 7) is 4.59. The normalized spacial score (nSPS) is 10.6. The SMILES string of the molecule is CCOc1cccc(Sc2nc(CC)ns2)c1N. The summed E-state index contributed by atoms with van der Waals surface area (Å²) in [7, 11) is 0. The van der Waals surface area contributed by atoms with Crippen LogP contribution in [-0.2, 0) is 6.42 Å². The third-order valence-electron chi connectivity index (χ3n) is 2.29. The zero-order valence-corrected chi connectivity index (χ0v) is 12.0. The van der Waals surface area contributed by atoms with E-state index in [1.54, 1.807) is 0 Å². The van der Waals surface area contributed by atoms with E-state index in [1.165, 1.54) is 23.3 Å². The molecule has 0 aliphatic rings. The van der Waals surface area contributed by atoms with E-state index in [-0.39, 0.29) is 0 Å². The lowest BCUT2D eigenvalue weighted by Gasteiger charge is -2.09. The monoisotopic (exact) mass is 281 g/mol. The Morgan fingerprint density at radius 3 is 2.89 bits per heavy atom. The molecule has 1 aromatic carbocycles. The third kappa shape index (κ3) is 2.94. The molecule has 0 atom stereocenters. The Morgan fingerprint density at radius 2 is 2.22 bits per heavy atom. The van der Waals surface area contributed by atoms with Gasteiger partial charge in [-0.25, -0.2) is 4.98 Å². The van der Waals surface area contributed by atoms with Crippen LogP contribution in [0.5, 0.6) is 5.75 Å². The molecular weight excluding hydrogens is 266 g/mol. The number of benzene rings is 1. The smallest absolute Gasteiger partial charge is 0.174 e. The summed E-state index contributed by atoms with van der Waals surface area (Å²) in [6, 6.07) is 5.78. The summed E-state index contributed by atoms with van der Waals surface area (Å²) in [5.74, 6) is 1.60. The highest BCUT2D eigenvalue weighted by Gasteiger charge is 2.10. The largest absolute Gasteiger partial charge is 0.492 e. The molecule has 0 amide bonds. The Balaban J connectivity index is 2.20. The number of nitrogens with zero attached hydrogens (tertiary/aromatic N) is 2. The lowest BCUT2D eigenvalue weighted by molar-refractivity contribution is 0.341. The molecule has 6 heteroatoms. The fourth-order valence-electron chi connectivity index (χ4n) is 1.41. The van der Waals surface area contributed by atoms with E-state index in [2.05, 4.69) is 9.36 Å². The lowest BCUT2D eigenvalue weighted by atomic mass is 10.3. The fraction of sp³-hybridized carbons (Fsp3) is 0.333. The molecule has 0 fully saturated rings. The summed E-state index contributed by atoms with van der Waals surface area (Å²) in [4.78, 5) is 5.37. The van der Waals surface area contributed by atoms with Crippen LogP contribution in [0.15, 0.2) is 27.4 Å². The first-order valence-electron chi connectivity index (χ1n) is 5.76. The number of aryl methyl sites for hydroxylation is 1. The second-order valence-corrected chi connectivity index (χ2v) is 5.57. The van der Waals surface area contributed by atoms with Crippen molar-refractivity contribution in [1.82, 2.24) is 9.36 Å². The number of hydrogen-bond donors (Lipinski definition) is 1. The summed E-state index contributed by atoms with van der Waals surface area (Å²) in [5.41, 5.74) is 6.73. The molecule has 0 saturated carbocycles. The summed E-state index contributed by atoms with van der Waals surface area (Å²) in [5, 5.41) is 0. The number of rotatable bonds is 5. The van der Waals surface area contributed by atoms with Crippen molar-refractivity contribution in [2.24, 2.45) is 0 Å². The number of anilines is 1. The molecule has 1 aromatic heterocycles. The van der Waals surface area contributed by atoms with Gasteiger partial charge in [0, 0.05) is 11.3 Å². The van der Waals surface area contributed by atoms with Crippen LogP contribution in [0.3, 0.4) is 0 Å². The van der Waals surface area contributed by atoms with Gasteiger partial charge in [-0.05, 0) is 30.6 Å². The van der Waals surface area contributed by atoms with Gasteiger partial charge in [-0.2, -0.15) is 4.37 Å². The lowest BCUT2D eigenvalue weighted by Crippen LogP contribution is -1.97. The predicted molar refractivity (Wildman–Crippen MR) is 75.4 cm³/mol. The highest BCUT2D eigenvalue weighted by molar-refractivity contribution is 8.01. The fourth-order valence-corrected chi connectivity index (χ4v) is 3.14.